The highest BCUT2D eigenvalue weighted by molar-refractivity contribution is 7.16. The summed E-state index contributed by atoms with van der Waals surface area (Å²) in [5, 5.41) is 3.22. The van der Waals surface area contributed by atoms with Gasteiger partial charge in [0.05, 0.1) is 24.8 Å². The van der Waals surface area contributed by atoms with Crippen LogP contribution < -0.4 is 5.32 Å². The quantitative estimate of drug-likeness (QED) is 0.776. The first kappa shape index (κ1) is 18.1. The maximum absolute atomic E-state index is 11.8. The second kappa shape index (κ2) is 9.15. The van der Waals surface area contributed by atoms with Gasteiger partial charge in [0.15, 0.2) is 5.13 Å². The number of nitrogens with zero attached hydrogens (tertiary/aromatic N) is 2. The standard InChI is InChI=1S/C17H20ClN3O3S/c18-6-9-24-17(22)20-16-19-15(13-4-2-1-3-5-13)14(25-16)12-21-7-10-23-11-8-21/h1-5H,6-12H2,(H,19,20,22). The summed E-state index contributed by atoms with van der Waals surface area (Å²) < 4.78 is 10.4. The van der Waals surface area contributed by atoms with Gasteiger partial charge < -0.3 is 9.47 Å². The molecule has 6 nitrogen and oxygen atoms in total. The highest BCUT2D eigenvalue weighted by Crippen LogP contribution is 2.32. The number of nitrogens with one attached hydrogen (secondary N) is 1. The number of thiazole rings is 1. The number of aromatic nitrogens is 1. The molecule has 25 heavy (non-hydrogen) atoms. The Labute approximate surface area is 155 Å². The van der Waals surface area contributed by atoms with E-state index in [2.05, 4.69) is 15.2 Å². The molecule has 1 saturated heterocycles. The average molecular weight is 382 g/mol. The van der Waals surface area contributed by atoms with Crippen molar-refractivity contribution in [2.45, 2.75) is 6.54 Å². The fourth-order valence-corrected chi connectivity index (χ4v) is 3.64. The molecule has 1 aromatic carbocycles. The van der Waals surface area contributed by atoms with Crippen LogP contribution in [-0.4, -0.2) is 54.8 Å². The van der Waals surface area contributed by atoms with E-state index >= 15 is 0 Å². The predicted molar refractivity (Wildman–Crippen MR) is 99.3 cm³/mol. The summed E-state index contributed by atoms with van der Waals surface area (Å²) in [6, 6.07) is 9.98. The normalized spacial score (nSPS) is 15.1. The molecule has 1 fully saturated rings. The fraction of sp³-hybridized carbons (Fsp3) is 0.412. The van der Waals surface area contributed by atoms with Gasteiger partial charge in [-0.25, -0.2) is 9.78 Å². The maximum Gasteiger partial charge on any atom is 0.413 e. The van der Waals surface area contributed by atoms with Gasteiger partial charge in [-0.15, -0.1) is 11.6 Å². The van der Waals surface area contributed by atoms with Crippen LogP contribution in [0.25, 0.3) is 11.3 Å². The van der Waals surface area contributed by atoms with Crippen molar-refractivity contribution in [2.24, 2.45) is 0 Å². The molecule has 0 unspecified atom stereocenters. The zero-order valence-corrected chi connectivity index (χ0v) is 15.3. The number of benzene rings is 1. The number of anilines is 1. The van der Waals surface area contributed by atoms with Crippen LogP contribution in [0, 0.1) is 0 Å². The third kappa shape index (κ3) is 5.15. The highest BCUT2D eigenvalue weighted by Gasteiger charge is 2.19. The van der Waals surface area contributed by atoms with E-state index < -0.39 is 6.09 Å². The van der Waals surface area contributed by atoms with Gasteiger partial charge in [-0.3, -0.25) is 10.2 Å². The number of amides is 1. The zero-order valence-electron chi connectivity index (χ0n) is 13.7. The van der Waals surface area contributed by atoms with E-state index in [0.717, 1.165) is 49.0 Å². The molecule has 0 atom stereocenters. The van der Waals surface area contributed by atoms with Gasteiger partial charge >= 0.3 is 6.09 Å². The molecule has 0 aliphatic carbocycles. The minimum absolute atomic E-state index is 0.172. The molecule has 2 aromatic rings. The van der Waals surface area contributed by atoms with Crippen LogP contribution in [0.15, 0.2) is 30.3 Å². The summed E-state index contributed by atoms with van der Waals surface area (Å²) in [4.78, 5) is 19.8. The minimum Gasteiger partial charge on any atom is -0.448 e. The smallest absolute Gasteiger partial charge is 0.413 e. The number of halogens is 1. The van der Waals surface area contributed by atoms with E-state index in [0.29, 0.717) is 5.13 Å². The van der Waals surface area contributed by atoms with Crippen molar-refractivity contribution in [1.29, 1.82) is 0 Å². The summed E-state index contributed by atoms with van der Waals surface area (Å²) in [5.74, 6) is 0.267. The first-order valence-corrected chi connectivity index (χ1v) is 9.46. The first-order chi connectivity index (χ1) is 12.3. The largest absolute Gasteiger partial charge is 0.448 e. The molecular formula is C17H20ClN3O3S. The summed E-state index contributed by atoms with van der Waals surface area (Å²) in [5.41, 5.74) is 1.92. The molecule has 1 amide bonds. The topological polar surface area (TPSA) is 63.7 Å². The van der Waals surface area contributed by atoms with Gasteiger partial charge in [-0.1, -0.05) is 41.7 Å². The van der Waals surface area contributed by atoms with E-state index in [1.54, 1.807) is 0 Å². The van der Waals surface area contributed by atoms with Crippen molar-refractivity contribution in [3.8, 4) is 11.3 Å². The monoisotopic (exact) mass is 381 g/mol. The molecule has 1 N–H and O–H groups in total. The first-order valence-electron chi connectivity index (χ1n) is 8.11. The zero-order chi connectivity index (χ0) is 17.5. The SMILES string of the molecule is O=C(Nc1nc(-c2ccccc2)c(CN2CCOCC2)s1)OCCCl. The van der Waals surface area contributed by atoms with E-state index in [1.165, 1.54) is 11.3 Å². The van der Waals surface area contributed by atoms with Gasteiger partial charge in [-0.05, 0) is 0 Å². The lowest BCUT2D eigenvalue weighted by molar-refractivity contribution is 0.0347. The molecule has 134 valence electrons. The Kier molecular flexibility index (Phi) is 6.63. The number of hydrogen-bond acceptors (Lipinski definition) is 6. The molecule has 0 saturated carbocycles. The lowest BCUT2D eigenvalue weighted by Crippen LogP contribution is -2.35. The molecule has 1 aliphatic rings. The molecule has 0 bridgehead atoms. The number of morpholine rings is 1. The van der Waals surface area contributed by atoms with Gasteiger partial charge in [0.2, 0.25) is 0 Å². The Morgan fingerprint density at radius 1 is 1.32 bits per heavy atom. The lowest BCUT2D eigenvalue weighted by Gasteiger charge is -2.26. The Morgan fingerprint density at radius 2 is 2.08 bits per heavy atom. The summed E-state index contributed by atoms with van der Waals surface area (Å²) in [6.07, 6.45) is -0.535. The minimum atomic E-state index is -0.535. The van der Waals surface area contributed by atoms with Crippen molar-refractivity contribution in [3.63, 3.8) is 0 Å². The summed E-state index contributed by atoms with van der Waals surface area (Å²) >= 11 is 7.00. The van der Waals surface area contributed by atoms with Crippen molar-refractivity contribution < 1.29 is 14.3 Å². The van der Waals surface area contributed by atoms with E-state index in [9.17, 15) is 4.79 Å². The van der Waals surface area contributed by atoms with Crippen LogP contribution in [0.1, 0.15) is 4.88 Å². The van der Waals surface area contributed by atoms with Crippen LogP contribution in [0.4, 0.5) is 9.93 Å². The predicted octanol–water partition coefficient (Wildman–Crippen LogP) is 3.43. The van der Waals surface area contributed by atoms with Crippen molar-refractivity contribution in [2.75, 3.05) is 44.1 Å². The van der Waals surface area contributed by atoms with Crippen LogP contribution in [0.3, 0.4) is 0 Å². The number of carbonyl (C=O) groups excluding carboxylic acids is 1. The Balaban J connectivity index is 1.79. The number of alkyl halides is 1. The number of carbonyl (C=O) groups is 1. The Hall–Kier alpha value is -1.67. The number of hydrogen-bond donors (Lipinski definition) is 1. The molecule has 0 radical (unpaired) electrons. The van der Waals surface area contributed by atoms with Gasteiger partial charge in [0.1, 0.15) is 6.61 Å². The van der Waals surface area contributed by atoms with E-state index in [4.69, 9.17) is 21.1 Å². The van der Waals surface area contributed by atoms with Gasteiger partial charge in [0.25, 0.3) is 0 Å². The molecule has 3 rings (SSSR count). The highest BCUT2D eigenvalue weighted by atomic mass is 35.5. The number of rotatable bonds is 6. The van der Waals surface area contributed by atoms with Crippen LogP contribution >= 0.6 is 22.9 Å². The van der Waals surface area contributed by atoms with Gasteiger partial charge in [-0.2, -0.15) is 0 Å². The van der Waals surface area contributed by atoms with Crippen molar-refractivity contribution in [3.05, 3.63) is 35.2 Å². The van der Waals surface area contributed by atoms with Crippen LogP contribution in [-0.2, 0) is 16.0 Å². The molecule has 0 spiro atoms. The Bertz CT molecular complexity index is 690. The summed E-state index contributed by atoms with van der Waals surface area (Å²) in [6.45, 7) is 4.23. The second-order valence-corrected chi connectivity index (χ2v) is 6.96. The van der Waals surface area contributed by atoms with E-state index in [1.807, 2.05) is 30.3 Å². The maximum atomic E-state index is 11.8. The molecule has 1 aliphatic heterocycles. The summed E-state index contributed by atoms with van der Waals surface area (Å²) in [7, 11) is 0. The van der Waals surface area contributed by atoms with Crippen LogP contribution in [0.5, 0.6) is 0 Å². The van der Waals surface area contributed by atoms with E-state index in [-0.39, 0.29) is 12.5 Å². The fourth-order valence-electron chi connectivity index (χ4n) is 2.55. The molecule has 2 heterocycles. The molecule has 8 heteroatoms. The average Bonchev–Trinajstić information content (AvgIpc) is 3.03. The Morgan fingerprint density at radius 3 is 2.80 bits per heavy atom. The third-order valence-electron chi connectivity index (χ3n) is 3.73. The van der Waals surface area contributed by atoms with Gasteiger partial charge in [0, 0.05) is 30.1 Å². The van der Waals surface area contributed by atoms with Crippen LogP contribution in [0.2, 0.25) is 0 Å². The molecular weight excluding hydrogens is 362 g/mol. The lowest BCUT2D eigenvalue weighted by atomic mass is 10.1. The number of ether oxygens (including phenoxy) is 2. The third-order valence-corrected chi connectivity index (χ3v) is 4.84. The second-order valence-electron chi connectivity index (χ2n) is 5.50. The van der Waals surface area contributed by atoms with Crippen molar-refractivity contribution in [1.82, 2.24) is 9.88 Å². The van der Waals surface area contributed by atoms with Crippen molar-refractivity contribution >= 4 is 34.2 Å². The molecule has 1 aromatic heterocycles.